The predicted molar refractivity (Wildman–Crippen MR) is 60.5 cm³/mol. The SMILES string of the molecule is CC(=O)OC(C)(C)C.[O]C1CCC(O)CC1. The Kier molecular flexibility index (Phi) is 6.60. The maximum Gasteiger partial charge on any atom is 0.303 e. The van der Waals surface area contributed by atoms with Crippen LogP contribution in [0, 0.1) is 0 Å². The molecule has 0 bridgehead atoms. The molecule has 0 atom stereocenters. The van der Waals surface area contributed by atoms with Gasteiger partial charge in [0.2, 0.25) is 0 Å². The van der Waals surface area contributed by atoms with Crippen molar-refractivity contribution in [2.75, 3.05) is 0 Å². The van der Waals surface area contributed by atoms with Crippen LogP contribution in [-0.2, 0) is 14.6 Å². The highest BCUT2D eigenvalue weighted by Gasteiger charge is 2.17. The van der Waals surface area contributed by atoms with Crippen LogP contribution in [0.4, 0.5) is 0 Å². The van der Waals surface area contributed by atoms with Crippen molar-refractivity contribution in [1.82, 2.24) is 0 Å². The maximum absolute atomic E-state index is 10.6. The van der Waals surface area contributed by atoms with Gasteiger partial charge in [0, 0.05) is 6.92 Å². The van der Waals surface area contributed by atoms with Gasteiger partial charge in [-0.1, -0.05) is 0 Å². The van der Waals surface area contributed by atoms with E-state index in [1.807, 2.05) is 20.8 Å². The molecule has 0 saturated heterocycles. The van der Waals surface area contributed by atoms with E-state index >= 15 is 0 Å². The third-order valence-electron chi connectivity index (χ3n) is 2.09. The lowest BCUT2D eigenvalue weighted by molar-refractivity contribution is -0.151. The number of carbonyl (C=O) groups is 1. The molecule has 1 aliphatic rings. The van der Waals surface area contributed by atoms with Crippen LogP contribution in [0.15, 0.2) is 0 Å². The summed E-state index contributed by atoms with van der Waals surface area (Å²) in [6.45, 7) is 6.93. The lowest BCUT2D eigenvalue weighted by atomic mass is 9.95. The summed E-state index contributed by atoms with van der Waals surface area (Å²) in [4.78, 5) is 10.2. The Labute approximate surface area is 97.6 Å². The Morgan fingerprint density at radius 1 is 1.19 bits per heavy atom. The van der Waals surface area contributed by atoms with E-state index in [9.17, 15) is 9.90 Å². The van der Waals surface area contributed by atoms with Gasteiger partial charge >= 0.3 is 5.97 Å². The number of hydrogen-bond acceptors (Lipinski definition) is 3. The van der Waals surface area contributed by atoms with Gasteiger partial charge in [0.15, 0.2) is 0 Å². The first-order chi connectivity index (χ1) is 7.20. The second-order valence-corrected chi connectivity index (χ2v) is 5.14. The molecule has 1 radical (unpaired) electrons. The van der Waals surface area contributed by atoms with Gasteiger partial charge in [-0.05, 0) is 46.5 Å². The van der Waals surface area contributed by atoms with Gasteiger partial charge in [-0.3, -0.25) is 4.79 Å². The summed E-state index contributed by atoms with van der Waals surface area (Å²) in [6.07, 6.45) is 2.20. The Hall–Kier alpha value is -0.610. The third kappa shape index (κ3) is 9.93. The lowest BCUT2D eigenvalue weighted by Gasteiger charge is -2.18. The fourth-order valence-corrected chi connectivity index (χ4v) is 1.48. The van der Waals surface area contributed by atoms with Gasteiger partial charge in [-0.2, -0.15) is 0 Å². The van der Waals surface area contributed by atoms with Gasteiger partial charge in [0.1, 0.15) is 5.60 Å². The molecule has 0 heterocycles. The molecule has 16 heavy (non-hydrogen) atoms. The van der Waals surface area contributed by atoms with Crippen LogP contribution in [-0.4, -0.2) is 28.9 Å². The molecule has 0 spiro atoms. The summed E-state index contributed by atoms with van der Waals surface area (Å²) >= 11 is 0. The molecule has 1 rings (SSSR count). The van der Waals surface area contributed by atoms with Crippen molar-refractivity contribution in [1.29, 1.82) is 0 Å². The van der Waals surface area contributed by atoms with Crippen LogP contribution >= 0.6 is 0 Å². The molecule has 0 aliphatic heterocycles. The number of aliphatic hydroxyl groups is 1. The van der Waals surface area contributed by atoms with Gasteiger partial charge in [0.25, 0.3) is 0 Å². The van der Waals surface area contributed by atoms with Crippen molar-refractivity contribution < 1.29 is 19.7 Å². The number of ether oxygens (including phenoxy) is 1. The topological polar surface area (TPSA) is 66.4 Å². The Morgan fingerprint density at radius 2 is 1.62 bits per heavy atom. The largest absolute Gasteiger partial charge is 0.460 e. The fraction of sp³-hybridized carbons (Fsp3) is 0.917. The first kappa shape index (κ1) is 15.4. The molecule has 0 amide bonds. The minimum absolute atomic E-state index is 0.180. The van der Waals surface area contributed by atoms with Crippen molar-refractivity contribution in [2.45, 2.75) is 71.2 Å². The lowest BCUT2D eigenvalue weighted by Crippen LogP contribution is -2.21. The number of esters is 1. The van der Waals surface area contributed by atoms with E-state index in [2.05, 4.69) is 0 Å². The monoisotopic (exact) mass is 231 g/mol. The fourth-order valence-electron chi connectivity index (χ4n) is 1.48. The van der Waals surface area contributed by atoms with Crippen molar-refractivity contribution >= 4 is 5.97 Å². The van der Waals surface area contributed by atoms with Crippen LogP contribution in [0.3, 0.4) is 0 Å². The first-order valence-electron chi connectivity index (χ1n) is 5.74. The van der Waals surface area contributed by atoms with E-state index in [-0.39, 0.29) is 17.7 Å². The van der Waals surface area contributed by atoms with Crippen LogP contribution in [0.2, 0.25) is 0 Å². The number of carbonyl (C=O) groups excluding carboxylic acids is 1. The van der Waals surface area contributed by atoms with Crippen LogP contribution < -0.4 is 0 Å². The van der Waals surface area contributed by atoms with Gasteiger partial charge < -0.3 is 9.84 Å². The smallest absolute Gasteiger partial charge is 0.303 e. The zero-order valence-electron chi connectivity index (χ0n) is 10.7. The summed E-state index contributed by atoms with van der Waals surface area (Å²) in [6, 6.07) is 0. The predicted octanol–water partition coefficient (Wildman–Crippen LogP) is 2.07. The third-order valence-corrected chi connectivity index (χ3v) is 2.09. The van der Waals surface area contributed by atoms with E-state index in [1.165, 1.54) is 6.92 Å². The van der Waals surface area contributed by atoms with Crippen molar-refractivity contribution in [3.8, 4) is 0 Å². The molecular weight excluding hydrogens is 208 g/mol. The molecule has 95 valence electrons. The average Bonchev–Trinajstić information content (AvgIpc) is 2.07. The minimum Gasteiger partial charge on any atom is -0.460 e. The normalized spacial score (nSPS) is 25.4. The second kappa shape index (κ2) is 6.86. The van der Waals surface area contributed by atoms with E-state index in [0.29, 0.717) is 25.7 Å². The molecule has 0 aromatic carbocycles. The van der Waals surface area contributed by atoms with E-state index in [0.717, 1.165) is 0 Å². The molecule has 1 saturated carbocycles. The van der Waals surface area contributed by atoms with Gasteiger partial charge in [-0.25, -0.2) is 5.11 Å². The van der Waals surface area contributed by atoms with Crippen LogP contribution in [0.25, 0.3) is 0 Å². The van der Waals surface area contributed by atoms with Crippen molar-refractivity contribution in [2.24, 2.45) is 0 Å². The quantitative estimate of drug-likeness (QED) is 0.649. The molecule has 4 nitrogen and oxygen atoms in total. The van der Waals surface area contributed by atoms with Crippen LogP contribution in [0.5, 0.6) is 0 Å². The molecule has 1 aliphatic carbocycles. The van der Waals surface area contributed by atoms with Crippen LogP contribution in [0.1, 0.15) is 53.4 Å². The minimum atomic E-state index is -0.390. The van der Waals surface area contributed by atoms with Gasteiger partial charge in [0.05, 0.1) is 12.2 Å². The number of hydrogen-bond donors (Lipinski definition) is 1. The Morgan fingerprint density at radius 3 is 1.81 bits per heavy atom. The summed E-state index contributed by atoms with van der Waals surface area (Å²) in [5.74, 6) is -0.225. The highest BCUT2D eigenvalue weighted by Crippen LogP contribution is 2.17. The first-order valence-corrected chi connectivity index (χ1v) is 5.74. The summed E-state index contributed by atoms with van der Waals surface area (Å²) in [7, 11) is 0. The van der Waals surface area contributed by atoms with E-state index in [1.54, 1.807) is 0 Å². The summed E-state index contributed by atoms with van der Waals surface area (Å²) in [5.41, 5.74) is -0.328. The Bertz CT molecular complexity index is 190. The molecule has 0 aromatic rings. The standard InChI is InChI=1S/C6H11O2.C6H12O2/c7-5-1-2-6(8)4-3-5;1-5(7)8-6(2,3)4/h5-7H,1-4H2;1-4H3. The molecule has 4 heteroatoms. The van der Waals surface area contributed by atoms with E-state index in [4.69, 9.17) is 9.84 Å². The van der Waals surface area contributed by atoms with Gasteiger partial charge in [-0.15, -0.1) is 0 Å². The summed E-state index contributed by atoms with van der Waals surface area (Å²) < 4.78 is 4.80. The molecule has 0 aromatic heterocycles. The molecule has 1 fully saturated rings. The zero-order valence-corrected chi connectivity index (χ0v) is 10.7. The average molecular weight is 231 g/mol. The molecule has 0 unspecified atom stereocenters. The van der Waals surface area contributed by atoms with Crippen molar-refractivity contribution in [3.05, 3.63) is 0 Å². The maximum atomic E-state index is 10.6. The number of aliphatic hydroxyl groups excluding tert-OH is 1. The second-order valence-electron chi connectivity index (χ2n) is 5.14. The number of rotatable bonds is 0. The van der Waals surface area contributed by atoms with E-state index < -0.39 is 6.10 Å². The van der Waals surface area contributed by atoms with Crippen molar-refractivity contribution in [3.63, 3.8) is 0 Å². The molecule has 1 N–H and O–H groups in total. The zero-order chi connectivity index (χ0) is 12.8. The Balaban J connectivity index is 0.000000281. The highest BCUT2D eigenvalue weighted by molar-refractivity contribution is 5.66. The molecular formula is C12H23O4. The summed E-state index contributed by atoms with van der Waals surface area (Å²) in [5, 5.41) is 19.5. The highest BCUT2D eigenvalue weighted by atomic mass is 16.6.